The molecule has 5 heteroatoms. The molecule has 3 aromatic rings. The molecular formula is C16H13N3O2. The molecule has 0 aliphatic heterocycles. The first-order chi connectivity index (χ1) is 10.3. The van der Waals surface area contributed by atoms with Crippen LogP contribution in [0, 0.1) is 0 Å². The number of benzene rings is 1. The van der Waals surface area contributed by atoms with Gasteiger partial charge in [0.25, 0.3) is 5.56 Å². The van der Waals surface area contributed by atoms with Crippen molar-refractivity contribution < 1.29 is 4.74 Å². The molecule has 0 spiro atoms. The molecule has 0 saturated carbocycles. The number of rotatable bonds is 3. The fourth-order valence-corrected chi connectivity index (χ4v) is 2.06. The van der Waals surface area contributed by atoms with E-state index in [1.54, 1.807) is 31.8 Å². The summed E-state index contributed by atoms with van der Waals surface area (Å²) in [6.45, 7) is 0. The maximum Gasteiger partial charge on any atom is 0.255 e. The topological polar surface area (TPSA) is 57.0 Å². The van der Waals surface area contributed by atoms with Crippen molar-refractivity contribution in [3.63, 3.8) is 0 Å². The first-order valence-corrected chi connectivity index (χ1v) is 6.40. The molecule has 0 amide bonds. The lowest BCUT2D eigenvalue weighted by Crippen LogP contribution is -2.16. The first kappa shape index (κ1) is 13.1. The van der Waals surface area contributed by atoms with Gasteiger partial charge in [-0.05, 0) is 29.3 Å². The molecule has 3 rings (SSSR count). The normalized spacial score (nSPS) is 10.3. The third-order valence-electron chi connectivity index (χ3n) is 3.16. The average Bonchev–Trinajstić information content (AvgIpc) is 2.56. The Hall–Kier alpha value is -2.95. The Kier molecular flexibility index (Phi) is 3.47. The molecule has 5 nitrogen and oxygen atoms in total. The molecule has 104 valence electrons. The smallest absolute Gasteiger partial charge is 0.255 e. The molecule has 0 radical (unpaired) electrons. The fourth-order valence-electron chi connectivity index (χ4n) is 2.06. The summed E-state index contributed by atoms with van der Waals surface area (Å²) >= 11 is 0. The summed E-state index contributed by atoms with van der Waals surface area (Å²) in [4.78, 5) is 19.9. The van der Waals surface area contributed by atoms with Crippen molar-refractivity contribution in [3.05, 3.63) is 71.7 Å². The van der Waals surface area contributed by atoms with Gasteiger partial charge < -0.3 is 4.74 Å². The highest BCUT2D eigenvalue weighted by Crippen LogP contribution is 2.21. The van der Waals surface area contributed by atoms with Crippen molar-refractivity contribution in [3.8, 4) is 22.6 Å². The largest absolute Gasteiger partial charge is 0.497 e. The van der Waals surface area contributed by atoms with Gasteiger partial charge in [0.1, 0.15) is 12.1 Å². The number of methoxy groups -OCH3 is 1. The average molecular weight is 279 g/mol. The monoisotopic (exact) mass is 279 g/mol. The molecule has 0 unspecified atom stereocenters. The van der Waals surface area contributed by atoms with Gasteiger partial charge in [-0.25, -0.2) is 9.97 Å². The highest BCUT2D eigenvalue weighted by molar-refractivity contribution is 5.63. The van der Waals surface area contributed by atoms with Gasteiger partial charge in [-0.3, -0.25) is 9.36 Å². The van der Waals surface area contributed by atoms with E-state index in [4.69, 9.17) is 4.74 Å². The summed E-state index contributed by atoms with van der Waals surface area (Å²) < 4.78 is 6.67. The summed E-state index contributed by atoms with van der Waals surface area (Å²) in [7, 11) is 1.63. The minimum atomic E-state index is -0.123. The second-order valence-corrected chi connectivity index (χ2v) is 4.45. The van der Waals surface area contributed by atoms with Crippen LogP contribution in [0.5, 0.6) is 5.75 Å². The van der Waals surface area contributed by atoms with Crippen molar-refractivity contribution in [2.45, 2.75) is 0 Å². The Balaban J connectivity index is 2.06. The maximum atomic E-state index is 12.0. The molecule has 0 aliphatic rings. The number of pyridine rings is 1. The zero-order valence-electron chi connectivity index (χ0n) is 11.4. The zero-order valence-corrected chi connectivity index (χ0v) is 11.4. The minimum absolute atomic E-state index is 0.123. The van der Waals surface area contributed by atoms with Crippen LogP contribution in [0.4, 0.5) is 0 Å². The van der Waals surface area contributed by atoms with Gasteiger partial charge >= 0.3 is 0 Å². The van der Waals surface area contributed by atoms with E-state index in [0.717, 1.165) is 16.9 Å². The molecule has 0 atom stereocenters. The van der Waals surface area contributed by atoms with Gasteiger partial charge in [-0.15, -0.1) is 0 Å². The number of ether oxygens (including phenoxy) is 1. The van der Waals surface area contributed by atoms with E-state index < -0.39 is 0 Å². The van der Waals surface area contributed by atoms with Crippen LogP contribution < -0.4 is 10.3 Å². The predicted octanol–water partition coefficient (Wildman–Crippen LogP) is 2.30. The van der Waals surface area contributed by atoms with E-state index in [9.17, 15) is 4.79 Å². The summed E-state index contributed by atoms with van der Waals surface area (Å²) in [5.41, 5.74) is 2.45. The summed E-state index contributed by atoms with van der Waals surface area (Å²) in [5.74, 6) is 0.795. The van der Waals surface area contributed by atoms with Crippen molar-refractivity contribution >= 4 is 0 Å². The summed E-state index contributed by atoms with van der Waals surface area (Å²) in [6, 6.07) is 11.0. The standard InChI is InChI=1S/C16H13N3O2/c1-21-15-5-2-12(3-6-15)13-4-7-16(20)19(10-13)14-8-17-11-18-9-14/h2-11H,1H3. The third-order valence-corrected chi connectivity index (χ3v) is 3.16. The van der Waals surface area contributed by atoms with E-state index in [0.29, 0.717) is 5.69 Å². The van der Waals surface area contributed by atoms with Crippen LogP contribution in [-0.4, -0.2) is 21.6 Å². The van der Waals surface area contributed by atoms with Crippen LogP contribution in [0.15, 0.2) is 66.1 Å². The summed E-state index contributed by atoms with van der Waals surface area (Å²) in [6.07, 6.45) is 6.42. The quantitative estimate of drug-likeness (QED) is 0.738. The van der Waals surface area contributed by atoms with Gasteiger partial charge in [-0.1, -0.05) is 12.1 Å². The van der Waals surface area contributed by atoms with Gasteiger partial charge in [0.2, 0.25) is 0 Å². The molecule has 0 aliphatic carbocycles. The predicted molar refractivity (Wildman–Crippen MR) is 79.6 cm³/mol. The van der Waals surface area contributed by atoms with Crippen molar-refractivity contribution in [2.75, 3.05) is 7.11 Å². The second kappa shape index (κ2) is 5.58. The van der Waals surface area contributed by atoms with E-state index in [-0.39, 0.29) is 5.56 Å². The number of aromatic nitrogens is 3. The number of nitrogens with zero attached hydrogens (tertiary/aromatic N) is 3. The highest BCUT2D eigenvalue weighted by atomic mass is 16.5. The van der Waals surface area contributed by atoms with Gasteiger partial charge in [-0.2, -0.15) is 0 Å². The van der Waals surface area contributed by atoms with Crippen molar-refractivity contribution in [2.24, 2.45) is 0 Å². The van der Waals surface area contributed by atoms with Gasteiger partial charge in [0, 0.05) is 12.3 Å². The maximum absolute atomic E-state index is 12.0. The Morgan fingerprint density at radius 1 is 0.952 bits per heavy atom. The second-order valence-electron chi connectivity index (χ2n) is 4.45. The van der Waals surface area contributed by atoms with Crippen LogP contribution in [0.1, 0.15) is 0 Å². The Bertz CT molecular complexity index is 796. The lowest BCUT2D eigenvalue weighted by atomic mass is 10.1. The van der Waals surface area contributed by atoms with E-state index in [1.165, 1.54) is 17.0 Å². The van der Waals surface area contributed by atoms with Gasteiger partial charge in [0.15, 0.2) is 0 Å². The summed E-state index contributed by atoms with van der Waals surface area (Å²) in [5, 5.41) is 0. The first-order valence-electron chi connectivity index (χ1n) is 6.40. The van der Waals surface area contributed by atoms with Gasteiger partial charge in [0.05, 0.1) is 25.2 Å². The Labute approximate surface area is 121 Å². The van der Waals surface area contributed by atoms with E-state index in [1.807, 2.05) is 24.3 Å². The van der Waals surface area contributed by atoms with Crippen LogP contribution in [0.25, 0.3) is 16.8 Å². The SMILES string of the molecule is COc1ccc(-c2ccc(=O)n(-c3cncnc3)c2)cc1. The third kappa shape index (κ3) is 2.67. The molecule has 2 aromatic heterocycles. The molecule has 2 heterocycles. The van der Waals surface area contributed by atoms with E-state index in [2.05, 4.69) is 9.97 Å². The molecular weight excluding hydrogens is 266 g/mol. The zero-order chi connectivity index (χ0) is 14.7. The fraction of sp³-hybridized carbons (Fsp3) is 0.0625. The van der Waals surface area contributed by atoms with Crippen LogP contribution in [-0.2, 0) is 0 Å². The van der Waals surface area contributed by atoms with Crippen molar-refractivity contribution in [1.29, 1.82) is 0 Å². The molecule has 0 saturated heterocycles. The minimum Gasteiger partial charge on any atom is -0.497 e. The van der Waals surface area contributed by atoms with Crippen molar-refractivity contribution in [1.82, 2.24) is 14.5 Å². The number of hydrogen-bond donors (Lipinski definition) is 0. The number of hydrogen-bond acceptors (Lipinski definition) is 4. The molecule has 0 N–H and O–H groups in total. The Morgan fingerprint density at radius 2 is 1.62 bits per heavy atom. The van der Waals surface area contributed by atoms with E-state index >= 15 is 0 Å². The lowest BCUT2D eigenvalue weighted by molar-refractivity contribution is 0.415. The van der Waals surface area contributed by atoms with Crippen LogP contribution in [0.2, 0.25) is 0 Å². The lowest BCUT2D eigenvalue weighted by Gasteiger charge is -2.08. The van der Waals surface area contributed by atoms with Crippen LogP contribution in [0.3, 0.4) is 0 Å². The van der Waals surface area contributed by atoms with Crippen LogP contribution >= 0.6 is 0 Å². The molecule has 0 fully saturated rings. The molecule has 21 heavy (non-hydrogen) atoms. The molecule has 0 bridgehead atoms. The Morgan fingerprint density at radius 3 is 2.29 bits per heavy atom. The highest BCUT2D eigenvalue weighted by Gasteiger charge is 2.04. The molecule has 1 aromatic carbocycles.